The van der Waals surface area contributed by atoms with Gasteiger partial charge in [-0.1, -0.05) is 75.4 Å². The molecule has 4 rings (SSSR count). The van der Waals surface area contributed by atoms with E-state index in [9.17, 15) is 4.79 Å². The van der Waals surface area contributed by atoms with E-state index in [1.807, 2.05) is 78.9 Å². The maximum Gasteiger partial charge on any atom is 0.248 e. The first-order valence-electron chi connectivity index (χ1n) is 11.2. The molecule has 5 heteroatoms. The van der Waals surface area contributed by atoms with Crippen LogP contribution >= 0.6 is 0 Å². The van der Waals surface area contributed by atoms with Crippen LogP contribution in [0.3, 0.4) is 0 Å². The second kappa shape index (κ2) is 10.1. The minimum Gasteiger partial charge on any atom is -0.340 e. The van der Waals surface area contributed by atoms with Crippen LogP contribution in [0.15, 0.2) is 97.3 Å². The highest BCUT2D eigenvalue weighted by Gasteiger charge is 2.12. The highest BCUT2D eigenvalue weighted by atomic mass is 16.1. The molecule has 34 heavy (non-hydrogen) atoms. The van der Waals surface area contributed by atoms with Gasteiger partial charge in [0.2, 0.25) is 5.91 Å². The SMILES string of the molecule is CC(C)(C)c1ccc(/C=C/C(=O)Nc2ccc(Nc3cc(-c4ccccc4)ncn3)cc2)cc1. The van der Waals surface area contributed by atoms with E-state index in [2.05, 4.69) is 53.5 Å². The second-order valence-corrected chi connectivity index (χ2v) is 9.05. The number of amides is 1. The van der Waals surface area contributed by atoms with E-state index >= 15 is 0 Å². The van der Waals surface area contributed by atoms with E-state index in [4.69, 9.17) is 0 Å². The van der Waals surface area contributed by atoms with Gasteiger partial charge in [0.15, 0.2) is 0 Å². The van der Waals surface area contributed by atoms with Gasteiger partial charge in [0, 0.05) is 29.1 Å². The third kappa shape index (κ3) is 6.17. The molecule has 0 aliphatic heterocycles. The molecule has 1 heterocycles. The molecule has 3 aromatic carbocycles. The Kier molecular flexibility index (Phi) is 6.83. The first kappa shape index (κ1) is 22.9. The fourth-order valence-corrected chi connectivity index (χ4v) is 3.43. The number of aromatic nitrogens is 2. The Labute approximate surface area is 200 Å². The van der Waals surface area contributed by atoms with Crippen LogP contribution in [0.25, 0.3) is 17.3 Å². The van der Waals surface area contributed by atoms with E-state index in [0.717, 1.165) is 28.2 Å². The normalized spacial score (nSPS) is 11.4. The Morgan fingerprint density at radius 2 is 1.50 bits per heavy atom. The summed E-state index contributed by atoms with van der Waals surface area (Å²) < 4.78 is 0. The number of anilines is 3. The van der Waals surface area contributed by atoms with E-state index < -0.39 is 0 Å². The highest BCUT2D eigenvalue weighted by Crippen LogP contribution is 2.23. The molecule has 2 N–H and O–H groups in total. The van der Waals surface area contributed by atoms with Crippen molar-refractivity contribution in [2.45, 2.75) is 26.2 Å². The summed E-state index contributed by atoms with van der Waals surface area (Å²) in [6, 6.07) is 27.6. The zero-order valence-electron chi connectivity index (χ0n) is 19.6. The van der Waals surface area contributed by atoms with Crippen molar-refractivity contribution in [2.24, 2.45) is 0 Å². The van der Waals surface area contributed by atoms with Crippen LogP contribution in [0.5, 0.6) is 0 Å². The van der Waals surface area contributed by atoms with E-state index in [-0.39, 0.29) is 11.3 Å². The van der Waals surface area contributed by atoms with Gasteiger partial charge in [0.1, 0.15) is 12.1 Å². The average Bonchev–Trinajstić information content (AvgIpc) is 2.84. The molecule has 0 unspecified atom stereocenters. The van der Waals surface area contributed by atoms with Crippen molar-refractivity contribution < 1.29 is 4.79 Å². The van der Waals surface area contributed by atoms with Gasteiger partial charge < -0.3 is 10.6 Å². The van der Waals surface area contributed by atoms with Crippen LogP contribution in [0.2, 0.25) is 0 Å². The van der Waals surface area contributed by atoms with E-state index in [0.29, 0.717) is 5.82 Å². The maximum absolute atomic E-state index is 12.3. The van der Waals surface area contributed by atoms with Crippen LogP contribution in [-0.4, -0.2) is 15.9 Å². The third-order valence-corrected chi connectivity index (χ3v) is 5.37. The van der Waals surface area contributed by atoms with Gasteiger partial charge in [-0.2, -0.15) is 0 Å². The van der Waals surface area contributed by atoms with E-state index in [1.165, 1.54) is 5.56 Å². The molecule has 1 aromatic heterocycles. The van der Waals surface area contributed by atoms with Gasteiger partial charge >= 0.3 is 0 Å². The summed E-state index contributed by atoms with van der Waals surface area (Å²) in [5.41, 5.74) is 5.83. The van der Waals surface area contributed by atoms with Crippen molar-refractivity contribution in [2.75, 3.05) is 10.6 Å². The number of hydrogen-bond donors (Lipinski definition) is 2. The number of carbonyl (C=O) groups is 1. The topological polar surface area (TPSA) is 66.9 Å². The highest BCUT2D eigenvalue weighted by molar-refractivity contribution is 6.02. The van der Waals surface area contributed by atoms with Crippen LogP contribution in [0.1, 0.15) is 31.9 Å². The van der Waals surface area contributed by atoms with Crippen molar-refractivity contribution in [3.63, 3.8) is 0 Å². The van der Waals surface area contributed by atoms with Gasteiger partial charge in [0.25, 0.3) is 0 Å². The van der Waals surface area contributed by atoms with Gasteiger partial charge in [-0.15, -0.1) is 0 Å². The Bertz CT molecular complexity index is 1270. The lowest BCUT2D eigenvalue weighted by Crippen LogP contribution is -2.10. The minimum atomic E-state index is -0.177. The summed E-state index contributed by atoms with van der Waals surface area (Å²) in [4.78, 5) is 21.0. The van der Waals surface area contributed by atoms with Gasteiger partial charge in [-0.05, 0) is 46.9 Å². The van der Waals surface area contributed by atoms with Crippen LogP contribution < -0.4 is 10.6 Å². The van der Waals surface area contributed by atoms with Crippen LogP contribution in [0, 0.1) is 0 Å². The number of rotatable bonds is 6. The molecule has 0 bridgehead atoms. The standard InChI is InChI=1S/C29H28N4O/c1-29(2,3)23-12-9-21(10-13-23)11-18-28(34)33-25-16-14-24(15-17-25)32-27-19-26(30-20-31-27)22-7-5-4-6-8-22/h4-20H,1-3H3,(H,33,34)(H,30,31,32)/b18-11+. The summed E-state index contributed by atoms with van der Waals surface area (Å²) in [5, 5.41) is 6.17. The monoisotopic (exact) mass is 448 g/mol. The van der Waals surface area contributed by atoms with E-state index in [1.54, 1.807) is 12.4 Å². The van der Waals surface area contributed by atoms with Crippen molar-refractivity contribution in [3.8, 4) is 11.3 Å². The molecule has 0 aliphatic carbocycles. The lowest BCUT2D eigenvalue weighted by Gasteiger charge is -2.18. The number of carbonyl (C=O) groups excluding carboxylic acids is 1. The van der Waals surface area contributed by atoms with Gasteiger partial charge in [-0.3, -0.25) is 4.79 Å². The molecule has 0 saturated heterocycles. The first-order chi connectivity index (χ1) is 16.4. The quantitative estimate of drug-likeness (QED) is 0.317. The largest absolute Gasteiger partial charge is 0.340 e. The predicted octanol–water partition coefficient (Wildman–Crippen LogP) is 6.84. The second-order valence-electron chi connectivity index (χ2n) is 9.05. The zero-order valence-corrected chi connectivity index (χ0v) is 19.6. The summed E-state index contributed by atoms with van der Waals surface area (Å²) in [7, 11) is 0. The zero-order chi connectivity index (χ0) is 24.0. The summed E-state index contributed by atoms with van der Waals surface area (Å²) in [6.07, 6.45) is 4.91. The molecule has 4 aromatic rings. The lowest BCUT2D eigenvalue weighted by atomic mass is 9.87. The van der Waals surface area contributed by atoms with Gasteiger partial charge in [-0.25, -0.2) is 9.97 Å². The molecule has 5 nitrogen and oxygen atoms in total. The van der Waals surface area contributed by atoms with Crippen molar-refractivity contribution in [1.29, 1.82) is 0 Å². The maximum atomic E-state index is 12.3. The number of benzene rings is 3. The fourth-order valence-electron chi connectivity index (χ4n) is 3.43. The summed E-state index contributed by atoms with van der Waals surface area (Å²) in [6.45, 7) is 6.55. The van der Waals surface area contributed by atoms with Crippen LogP contribution in [0.4, 0.5) is 17.2 Å². The molecule has 170 valence electrons. The lowest BCUT2D eigenvalue weighted by molar-refractivity contribution is -0.111. The molecule has 0 fully saturated rings. The molecule has 0 aliphatic rings. The van der Waals surface area contributed by atoms with Crippen molar-refractivity contribution >= 4 is 29.2 Å². The predicted molar refractivity (Wildman–Crippen MR) is 140 cm³/mol. The molecule has 1 amide bonds. The number of nitrogens with one attached hydrogen (secondary N) is 2. The Morgan fingerprint density at radius 3 is 2.18 bits per heavy atom. The van der Waals surface area contributed by atoms with Crippen LogP contribution in [-0.2, 0) is 10.2 Å². The molecule has 0 atom stereocenters. The minimum absolute atomic E-state index is 0.109. The molecule has 0 spiro atoms. The summed E-state index contributed by atoms with van der Waals surface area (Å²) >= 11 is 0. The molecule has 0 saturated carbocycles. The molecular formula is C29H28N4O. The number of nitrogens with zero attached hydrogens (tertiary/aromatic N) is 2. The van der Waals surface area contributed by atoms with Crippen molar-refractivity contribution in [1.82, 2.24) is 9.97 Å². The Morgan fingerprint density at radius 1 is 0.824 bits per heavy atom. The fraction of sp³-hybridized carbons (Fsp3) is 0.138. The van der Waals surface area contributed by atoms with Gasteiger partial charge in [0.05, 0.1) is 5.69 Å². The average molecular weight is 449 g/mol. The van der Waals surface area contributed by atoms with Crippen molar-refractivity contribution in [3.05, 3.63) is 108 Å². The summed E-state index contributed by atoms with van der Waals surface area (Å²) in [5.74, 6) is 0.523. The molecular weight excluding hydrogens is 420 g/mol. The third-order valence-electron chi connectivity index (χ3n) is 5.37. The first-order valence-corrected chi connectivity index (χ1v) is 11.2. The number of hydrogen-bond acceptors (Lipinski definition) is 4. The Hall–Kier alpha value is -4.25. The smallest absolute Gasteiger partial charge is 0.248 e. The Balaban J connectivity index is 1.35. The molecule has 0 radical (unpaired) electrons.